The zero-order valence-electron chi connectivity index (χ0n) is 10.5. The second kappa shape index (κ2) is 5.61. The maximum Gasteiger partial charge on any atom is 0.337 e. The topological polar surface area (TPSA) is 72.5 Å². The Balaban J connectivity index is 2.41. The maximum atomic E-state index is 11.1. The molecule has 0 aliphatic rings. The number of carboxylic acid groups (broad SMARTS) is 1. The lowest BCUT2D eigenvalue weighted by molar-refractivity contribution is 0.0697. The van der Waals surface area contributed by atoms with Crippen LogP contribution in [0.15, 0.2) is 30.3 Å². The fourth-order valence-corrected chi connectivity index (χ4v) is 2.23. The number of aromatic carboxylic acids is 1. The van der Waals surface area contributed by atoms with Gasteiger partial charge in [-0.2, -0.15) is 0 Å². The molecule has 0 fully saturated rings. The number of nitrogens with two attached hydrogens (primary N) is 1. The van der Waals surface area contributed by atoms with Crippen molar-refractivity contribution in [3.05, 3.63) is 51.5 Å². The summed E-state index contributed by atoms with van der Waals surface area (Å²) in [5.41, 5.74) is 6.54. The summed E-state index contributed by atoms with van der Waals surface area (Å²) in [7, 11) is 0. The van der Waals surface area contributed by atoms with Gasteiger partial charge in [0.2, 0.25) is 0 Å². The third-order valence-corrected chi connectivity index (χ3v) is 3.10. The van der Waals surface area contributed by atoms with Gasteiger partial charge in [-0.15, -0.1) is 0 Å². The SMILES string of the molecule is Cc1cc(Oc2cc(Cl)cc(Cl)c2)cc(C(=O)O)c1N. The summed E-state index contributed by atoms with van der Waals surface area (Å²) in [5, 5.41) is 9.95. The van der Waals surface area contributed by atoms with E-state index in [1.807, 2.05) is 0 Å². The van der Waals surface area contributed by atoms with Gasteiger partial charge in [-0.1, -0.05) is 23.2 Å². The van der Waals surface area contributed by atoms with Gasteiger partial charge >= 0.3 is 5.97 Å². The molecule has 4 nitrogen and oxygen atoms in total. The number of carbonyl (C=O) groups is 1. The summed E-state index contributed by atoms with van der Waals surface area (Å²) in [6.45, 7) is 1.71. The quantitative estimate of drug-likeness (QED) is 0.825. The van der Waals surface area contributed by atoms with Crippen LogP contribution in [0.2, 0.25) is 10.0 Å². The number of nitrogen functional groups attached to an aromatic ring is 1. The molecule has 0 spiro atoms. The van der Waals surface area contributed by atoms with Gasteiger partial charge in [0, 0.05) is 15.7 Å². The molecule has 0 unspecified atom stereocenters. The van der Waals surface area contributed by atoms with Crippen molar-refractivity contribution in [1.82, 2.24) is 0 Å². The molecule has 104 valence electrons. The van der Waals surface area contributed by atoms with E-state index in [-0.39, 0.29) is 11.3 Å². The Morgan fingerprint density at radius 1 is 1.10 bits per heavy atom. The standard InChI is InChI=1S/C14H11Cl2NO3/c1-7-2-10(6-12(13(7)17)14(18)19)20-11-4-8(15)3-9(16)5-11/h2-6H,17H2,1H3,(H,18,19). The lowest BCUT2D eigenvalue weighted by atomic mass is 10.1. The van der Waals surface area contributed by atoms with Crippen LogP contribution in [0.5, 0.6) is 11.5 Å². The molecule has 2 aromatic carbocycles. The van der Waals surface area contributed by atoms with Crippen molar-refractivity contribution in [2.75, 3.05) is 5.73 Å². The summed E-state index contributed by atoms with van der Waals surface area (Å²) in [6.07, 6.45) is 0. The fraction of sp³-hybridized carbons (Fsp3) is 0.0714. The van der Waals surface area contributed by atoms with Gasteiger partial charge in [0.05, 0.1) is 5.56 Å². The Morgan fingerprint density at radius 2 is 1.65 bits per heavy atom. The molecular formula is C14H11Cl2NO3. The second-order valence-electron chi connectivity index (χ2n) is 4.21. The van der Waals surface area contributed by atoms with Crippen LogP contribution in [0.4, 0.5) is 5.69 Å². The van der Waals surface area contributed by atoms with Crippen molar-refractivity contribution in [3.8, 4) is 11.5 Å². The van der Waals surface area contributed by atoms with Crippen molar-refractivity contribution in [3.63, 3.8) is 0 Å². The Labute approximate surface area is 125 Å². The molecule has 3 N–H and O–H groups in total. The first-order valence-corrected chi connectivity index (χ1v) is 6.40. The predicted molar refractivity (Wildman–Crippen MR) is 79.1 cm³/mol. The zero-order valence-corrected chi connectivity index (χ0v) is 12.0. The van der Waals surface area contributed by atoms with E-state index in [9.17, 15) is 4.79 Å². The van der Waals surface area contributed by atoms with E-state index in [0.717, 1.165) is 0 Å². The third kappa shape index (κ3) is 3.15. The van der Waals surface area contributed by atoms with Crippen molar-refractivity contribution >= 4 is 34.9 Å². The van der Waals surface area contributed by atoms with Gasteiger partial charge < -0.3 is 15.6 Å². The zero-order chi connectivity index (χ0) is 14.9. The first-order valence-electron chi connectivity index (χ1n) is 5.64. The fourth-order valence-electron chi connectivity index (χ4n) is 1.72. The van der Waals surface area contributed by atoms with E-state index >= 15 is 0 Å². The van der Waals surface area contributed by atoms with Gasteiger partial charge in [-0.3, -0.25) is 0 Å². The summed E-state index contributed by atoms with van der Waals surface area (Å²) >= 11 is 11.8. The van der Waals surface area contributed by atoms with Crippen molar-refractivity contribution < 1.29 is 14.6 Å². The van der Waals surface area contributed by atoms with E-state index in [1.165, 1.54) is 6.07 Å². The van der Waals surface area contributed by atoms with Crippen LogP contribution in [-0.4, -0.2) is 11.1 Å². The second-order valence-corrected chi connectivity index (χ2v) is 5.09. The summed E-state index contributed by atoms with van der Waals surface area (Å²) in [5.74, 6) is -0.337. The van der Waals surface area contributed by atoms with Crippen LogP contribution in [0.3, 0.4) is 0 Å². The third-order valence-electron chi connectivity index (χ3n) is 2.66. The van der Waals surface area contributed by atoms with E-state index in [0.29, 0.717) is 27.1 Å². The average Bonchev–Trinajstić information content (AvgIpc) is 2.31. The molecule has 2 aromatic rings. The highest BCUT2D eigenvalue weighted by Gasteiger charge is 2.13. The summed E-state index contributed by atoms with van der Waals surface area (Å²) < 4.78 is 5.58. The normalized spacial score (nSPS) is 10.3. The lowest BCUT2D eigenvalue weighted by Gasteiger charge is -2.11. The number of hydrogen-bond acceptors (Lipinski definition) is 3. The number of benzene rings is 2. The smallest absolute Gasteiger partial charge is 0.337 e. The number of anilines is 1. The average molecular weight is 312 g/mol. The minimum absolute atomic E-state index is 0.00637. The molecule has 6 heteroatoms. The monoisotopic (exact) mass is 311 g/mol. The van der Waals surface area contributed by atoms with Gasteiger partial charge in [-0.05, 0) is 42.8 Å². The first kappa shape index (κ1) is 14.5. The number of hydrogen-bond donors (Lipinski definition) is 2. The van der Waals surface area contributed by atoms with Gasteiger partial charge in [0.1, 0.15) is 11.5 Å². The van der Waals surface area contributed by atoms with Crippen LogP contribution in [0, 0.1) is 6.92 Å². The van der Waals surface area contributed by atoms with Crippen LogP contribution < -0.4 is 10.5 Å². The number of carboxylic acids is 1. The summed E-state index contributed by atoms with van der Waals surface area (Å²) in [6, 6.07) is 7.75. The Morgan fingerprint density at radius 3 is 2.20 bits per heavy atom. The molecule has 2 rings (SSSR count). The number of ether oxygens (including phenoxy) is 1. The summed E-state index contributed by atoms with van der Waals surface area (Å²) in [4.78, 5) is 11.1. The first-order chi connectivity index (χ1) is 9.36. The molecule has 0 atom stereocenters. The van der Waals surface area contributed by atoms with Crippen LogP contribution in [0.25, 0.3) is 0 Å². The number of aryl methyl sites for hydroxylation is 1. The van der Waals surface area contributed by atoms with Crippen molar-refractivity contribution in [2.24, 2.45) is 0 Å². The van der Waals surface area contributed by atoms with Gasteiger partial charge in [-0.25, -0.2) is 4.79 Å². The number of halogens is 2. The number of rotatable bonds is 3. The molecule has 0 heterocycles. The van der Waals surface area contributed by atoms with Gasteiger partial charge in [0.25, 0.3) is 0 Å². The van der Waals surface area contributed by atoms with Crippen molar-refractivity contribution in [2.45, 2.75) is 6.92 Å². The predicted octanol–water partition coefficient (Wildman–Crippen LogP) is 4.37. The van der Waals surface area contributed by atoms with Crippen molar-refractivity contribution in [1.29, 1.82) is 0 Å². The van der Waals surface area contributed by atoms with Crippen LogP contribution in [-0.2, 0) is 0 Å². The molecule has 0 saturated carbocycles. The largest absolute Gasteiger partial charge is 0.478 e. The van der Waals surface area contributed by atoms with E-state index in [4.69, 9.17) is 38.8 Å². The molecule has 0 aliphatic heterocycles. The van der Waals surface area contributed by atoms with E-state index in [2.05, 4.69) is 0 Å². The van der Waals surface area contributed by atoms with Gasteiger partial charge in [0.15, 0.2) is 0 Å². The minimum Gasteiger partial charge on any atom is -0.478 e. The molecule has 0 bridgehead atoms. The molecule has 0 amide bonds. The molecular weight excluding hydrogens is 301 g/mol. The maximum absolute atomic E-state index is 11.1. The highest BCUT2D eigenvalue weighted by atomic mass is 35.5. The molecule has 0 aliphatic carbocycles. The Kier molecular flexibility index (Phi) is 4.06. The van der Waals surface area contributed by atoms with E-state index < -0.39 is 5.97 Å². The minimum atomic E-state index is -1.11. The highest BCUT2D eigenvalue weighted by Crippen LogP contribution is 2.31. The Bertz CT molecular complexity index is 666. The van der Waals surface area contributed by atoms with Crippen LogP contribution >= 0.6 is 23.2 Å². The molecule has 20 heavy (non-hydrogen) atoms. The van der Waals surface area contributed by atoms with E-state index in [1.54, 1.807) is 31.2 Å². The lowest BCUT2D eigenvalue weighted by Crippen LogP contribution is -2.04. The molecule has 0 radical (unpaired) electrons. The Hall–Kier alpha value is -1.91. The van der Waals surface area contributed by atoms with Crippen LogP contribution in [0.1, 0.15) is 15.9 Å². The molecule has 0 aromatic heterocycles. The molecule has 0 saturated heterocycles. The highest BCUT2D eigenvalue weighted by molar-refractivity contribution is 6.34.